The number of rotatable bonds is 11. The lowest BCUT2D eigenvalue weighted by atomic mass is 9.75. The zero-order chi connectivity index (χ0) is 46.8. The predicted octanol–water partition coefficient (Wildman–Crippen LogP) is 3.64. The molecule has 5 heterocycles. The number of ether oxygens (including phenoxy) is 8. The van der Waals surface area contributed by atoms with Crippen LogP contribution in [-0.4, -0.2) is 173 Å². The Morgan fingerprint density at radius 2 is 1.65 bits per heavy atom. The molecule has 1 aromatic rings. The van der Waals surface area contributed by atoms with E-state index in [1.807, 2.05) is 79.7 Å². The number of nitrogens with zero attached hydrogens (tertiary/aromatic N) is 3. The van der Waals surface area contributed by atoms with E-state index in [9.17, 15) is 24.9 Å². The summed E-state index contributed by atoms with van der Waals surface area (Å²) in [6.07, 6.45) is -4.38. The highest BCUT2D eigenvalue weighted by molar-refractivity contribution is 5.73. The number of likely N-dealkylation sites (N-methyl/N-ethyl adjacent to an activating group) is 2. The summed E-state index contributed by atoms with van der Waals surface area (Å²) in [7, 11) is 7.24. The molecule has 18 unspecified atom stereocenters. The number of aromatic nitrogens is 1. The summed E-state index contributed by atoms with van der Waals surface area (Å²) in [5.41, 5.74) is -4.64. The first kappa shape index (κ1) is 51.4. The standard InChI is InChI=1S/C46H78N4O13/c1-15-34-45(10)39(62-42(53)63-45)30(6)50(13)24-26(2)21-43(8,54)38(61-41-36(51)33(49(11)12)20-27(3)57-41)28(4)37(29(5)40(52)59-34)60-35-22-44(9,56-14)46(55,31(7)58-35)25-48-23-32-16-18-47-19-17-32/h16-19,26-31,33-39,41,48,51,54-55H,15,20-25H2,1-14H3. The maximum absolute atomic E-state index is 14.7. The molecular formula is C46H78N4O13. The first-order chi connectivity index (χ1) is 29.4. The van der Waals surface area contributed by atoms with Gasteiger partial charge in [-0.25, -0.2) is 4.79 Å². The summed E-state index contributed by atoms with van der Waals surface area (Å²) in [6.45, 7) is 19.4. The predicted molar refractivity (Wildman–Crippen MR) is 232 cm³/mol. The second-order valence-electron chi connectivity index (χ2n) is 19.9. The smallest absolute Gasteiger partial charge is 0.458 e. The molecule has 0 amide bonds. The zero-order valence-electron chi connectivity index (χ0n) is 40.1. The van der Waals surface area contributed by atoms with Crippen molar-refractivity contribution in [2.75, 3.05) is 41.3 Å². The Bertz CT molecular complexity index is 1660. The number of carbonyl (C=O) groups is 2. The molecule has 4 aliphatic heterocycles. The molecule has 0 aliphatic carbocycles. The van der Waals surface area contributed by atoms with Crippen LogP contribution in [0.25, 0.3) is 0 Å². The number of methoxy groups -OCH3 is 1. The van der Waals surface area contributed by atoms with E-state index in [4.69, 9.17) is 37.9 Å². The third kappa shape index (κ3) is 11.0. The molecule has 0 radical (unpaired) electrons. The van der Waals surface area contributed by atoms with Crippen molar-refractivity contribution < 1.29 is 62.8 Å². The van der Waals surface area contributed by atoms with Crippen molar-refractivity contribution in [2.45, 2.75) is 191 Å². The van der Waals surface area contributed by atoms with Crippen LogP contribution >= 0.6 is 0 Å². The van der Waals surface area contributed by atoms with Crippen LogP contribution in [0.3, 0.4) is 0 Å². The lowest BCUT2D eigenvalue weighted by molar-refractivity contribution is -0.336. The molecule has 0 saturated carbocycles. The van der Waals surface area contributed by atoms with Crippen LogP contribution in [0.2, 0.25) is 0 Å². The zero-order valence-corrected chi connectivity index (χ0v) is 40.1. The van der Waals surface area contributed by atoms with Crippen molar-refractivity contribution in [3.8, 4) is 0 Å². The van der Waals surface area contributed by atoms with E-state index in [2.05, 4.69) is 15.2 Å². The fourth-order valence-corrected chi connectivity index (χ4v) is 10.6. The highest BCUT2D eigenvalue weighted by Gasteiger charge is 2.60. The SMILES string of the molecule is CCC1OC(=O)C(C)C(OC2CC(C)(OC)C(O)(CNCc3ccncc3)C(C)O2)C(C)C(OC2OC(C)CC(N(C)C)C2O)C(C)(O)CC(C)CN(C)C(C)C2OC(=O)OC12C. The molecule has 4 saturated heterocycles. The molecule has 4 N–H and O–H groups in total. The van der Waals surface area contributed by atoms with Crippen LogP contribution in [0.15, 0.2) is 24.5 Å². The highest BCUT2D eigenvalue weighted by atomic mass is 16.8. The van der Waals surface area contributed by atoms with Gasteiger partial charge in [0.15, 0.2) is 24.3 Å². The molecule has 1 aromatic heterocycles. The van der Waals surface area contributed by atoms with Gasteiger partial charge in [0.1, 0.15) is 23.4 Å². The number of hydrogen-bond acceptors (Lipinski definition) is 17. The fraction of sp³-hybridized carbons (Fsp3) is 0.848. The lowest BCUT2D eigenvalue weighted by Crippen LogP contribution is -2.70. The average molecular weight is 895 g/mol. The third-order valence-corrected chi connectivity index (χ3v) is 14.6. The maximum atomic E-state index is 14.7. The van der Waals surface area contributed by atoms with Gasteiger partial charge in [-0.05, 0) is 112 Å². The molecule has 18 atom stereocenters. The molecule has 17 nitrogen and oxygen atoms in total. The van der Waals surface area contributed by atoms with Gasteiger partial charge in [0.05, 0.1) is 35.9 Å². The van der Waals surface area contributed by atoms with Gasteiger partial charge in [0.2, 0.25) is 0 Å². The van der Waals surface area contributed by atoms with Gasteiger partial charge in [0.25, 0.3) is 0 Å². The highest BCUT2D eigenvalue weighted by Crippen LogP contribution is 2.44. The number of pyridine rings is 1. The summed E-state index contributed by atoms with van der Waals surface area (Å²) < 4.78 is 50.8. The van der Waals surface area contributed by atoms with Crippen molar-refractivity contribution in [2.24, 2.45) is 17.8 Å². The second-order valence-corrected chi connectivity index (χ2v) is 19.9. The molecule has 0 spiro atoms. The van der Waals surface area contributed by atoms with E-state index in [1.165, 1.54) is 7.11 Å². The largest absolute Gasteiger partial charge is 0.509 e. The molecule has 0 aromatic carbocycles. The molecule has 17 heteroatoms. The minimum atomic E-state index is -1.59. The Morgan fingerprint density at radius 3 is 2.27 bits per heavy atom. The average Bonchev–Trinajstić information content (AvgIpc) is 3.53. The van der Waals surface area contributed by atoms with Crippen molar-refractivity contribution in [1.82, 2.24) is 20.1 Å². The van der Waals surface area contributed by atoms with Crippen LogP contribution in [0.4, 0.5) is 4.79 Å². The quantitative estimate of drug-likeness (QED) is 0.235. The Hall–Kier alpha value is -2.55. The van der Waals surface area contributed by atoms with Crippen molar-refractivity contribution in [3.05, 3.63) is 30.1 Å². The van der Waals surface area contributed by atoms with Gasteiger partial charge < -0.3 is 63.4 Å². The fourth-order valence-electron chi connectivity index (χ4n) is 10.6. The van der Waals surface area contributed by atoms with E-state index in [1.54, 1.807) is 40.1 Å². The van der Waals surface area contributed by atoms with E-state index in [0.29, 0.717) is 25.9 Å². The number of cyclic esters (lactones) is 1. The number of fused-ring (bicyclic) bond motifs is 1. The number of esters is 1. The number of hydrogen-bond donors (Lipinski definition) is 4. The maximum Gasteiger partial charge on any atom is 0.509 e. The molecular weight excluding hydrogens is 817 g/mol. The molecule has 4 aliphatic rings. The van der Waals surface area contributed by atoms with E-state index in [-0.39, 0.29) is 43.5 Å². The Balaban J connectivity index is 1.55. The summed E-state index contributed by atoms with van der Waals surface area (Å²) in [4.78, 5) is 35.6. The van der Waals surface area contributed by atoms with Crippen LogP contribution in [-0.2, 0) is 49.2 Å². The molecule has 4 fully saturated rings. The van der Waals surface area contributed by atoms with Gasteiger partial charge in [0, 0.05) is 63.6 Å². The van der Waals surface area contributed by atoms with Gasteiger partial charge in [-0.2, -0.15) is 0 Å². The van der Waals surface area contributed by atoms with Crippen molar-refractivity contribution in [3.63, 3.8) is 0 Å². The summed E-state index contributed by atoms with van der Waals surface area (Å²) in [5, 5.41) is 40.2. The van der Waals surface area contributed by atoms with Crippen LogP contribution in [0, 0.1) is 17.8 Å². The minimum Gasteiger partial charge on any atom is -0.458 e. The van der Waals surface area contributed by atoms with E-state index >= 15 is 0 Å². The van der Waals surface area contributed by atoms with E-state index < -0.39 is 95.6 Å². The molecule has 360 valence electrons. The first-order valence-electron chi connectivity index (χ1n) is 22.8. The van der Waals surface area contributed by atoms with Gasteiger partial charge >= 0.3 is 12.1 Å². The molecule has 5 rings (SSSR count). The van der Waals surface area contributed by atoms with Gasteiger partial charge in [-0.3, -0.25) is 14.7 Å². The molecule has 0 bridgehead atoms. The minimum absolute atomic E-state index is 0.0620. The Labute approximate surface area is 374 Å². The number of carbonyl (C=O) groups excluding carboxylic acids is 2. The summed E-state index contributed by atoms with van der Waals surface area (Å²) >= 11 is 0. The monoisotopic (exact) mass is 895 g/mol. The van der Waals surface area contributed by atoms with Gasteiger partial charge in [-0.1, -0.05) is 20.8 Å². The second kappa shape index (κ2) is 20.5. The van der Waals surface area contributed by atoms with Crippen LogP contribution < -0.4 is 5.32 Å². The summed E-state index contributed by atoms with van der Waals surface area (Å²) in [6, 6.07) is 3.13. The van der Waals surface area contributed by atoms with Crippen LogP contribution in [0.1, 0.15) is 100 Å². The van der Waals surface area contributed by atoms with Crippen molar-refractivity contribution in [1.29, 1.82) is 0 Å². The number of aliphatic hydroxyl groups excluding tert-OH is 1. The lowest BCUT2D eigenvalue weighted by Gasteiger charge is -2.53. The van der Waals surface area contributed by atoms with Crippen LogP contribution in [0.5, 0.6) is 0 Å². The third-order valence-electron chi connectivity index (χ3n) is 14.6. The number of aliphatic hydroxyl groups is 3. The van der Waals surface area contributed by atoms with Gasteiger partial charge in [-0.15, -0.1) is 0 Å². The Kier molecular flexibility index (Phi) is 16.8. The van der Waals surface area contributed by atoms with E-state index in [0.717, 1.165) is 5.56 Å². The molecule has 63 heavy (non-hydrogen) atoms. The first-order valence-corrected chi connectivity index (χ1v) is 22.8. The number of nitrogens with one attached hydrogen (secondary N) is 1. The Morgan fingerprint density at radius 1 is 0.984 bits per heavy atom. The normalized spacial score (nSPS) is 44.8. The summed E-state index contributed by atoms with van der Waals surface area (Å²) in [5.74, 6) is -2.60. The van der Waals surface area contributed by atoms with Crippen molar-refractivity contribution >= 4 is 12.1 Å². The topological polar surface area (TPSA) is 200 Å².